The summed E-state index contributed by atoms with van der Waals surface area (Å²) in [5, 5.41) is 8.79. The summed E-state index contributed by atoms with van der Waals surface area (Å²) < 4.78 is 9.96. The fourth-order valence-corrected chi connectivity index (χ4v) is 2.28. The summed E-state index contributed by atoms with van der Waals surface area (Å²) in [7, 11) is 0. The molecule has 0 saturated carbocycles. The van der Waals surface area contributed by atoms with Crippen LogP contribution in [-0.4, -0.2) is 30.3 Å². The van der Waals surface area contributed by atoms with Crippen LogP contribution < -0.4 is 0 Å². The molecule has 0 fully saturated rings. The molecule has 25 heavy (non-hydrogen) atoms. The minimum Gasteiger partial charge on any atom is -0.509 e. The van der Waals surface area contributed by atoms with Crippen molar-refractivity contribution in [3.8, 4) is 0 Å². The van der Waals surface area contributed by atoms with Gasteiger partial charge < -0.3 is 14.6 Å². The largest absolute Gasteiger partial charge is 0.509 e. The third kappa shape index (κ3) is 18.4. The van der Waals surface area contributed by atoms with E-state index in [9.17, 15) is 9.59 Å². The van der Waals surface area contributed by atoms with Crippen LogP contribution >= 0.6 is 0 Å². The number of esters is 2. The van der Waals surface area contributed by atoms with Gasteiger partial charge in [-0.05, 0) is 12.5 Å². The minimum absolute atomic E-state index is 0.173. The van der Waals surface area contributed by atoms with E-state index in [1.165, 1.54) is 44.9 Å². The molecule has 0 unspecified atom stereocenters. The summed E-state index contributed by atoms with van der Waals surface area (Å²) in [4.78, 5) is 22.7. The van der Waals surface area contributed by atoms with Crippen LogP contribution in [0, 0.1) is 0 Å². The lowest BCUT2D eigenvalue weighted by Crippen LogP contribution is -2.09. The van der Waals surface area contributed by atoms with Crippen LogP contribution in [-0.2, 0) is 19.1 Å². The Morgan fingerprint density at radius 2 is 1.40 bits per heavy atom. The third-order valence-electron chi connectivity index (χ3n) is 3.69. The second-order valence-electron chi connectivity index (χ2n) is 6.14. The molecule has 0 rings (SSSR count). The van der Waals surface area contributed by atoms with Crippen LogP contribution in [0.4, 0.5) is 0 Å². The maximum absolute atomic E-state index is 11.5. The number of carbonyl (C=O) groups is 2. The monoisotopic (exact) mass is 354 g/mol. The van der Waals surface area contributed by atoms with Crippen LogP contribution in [0.15, 0.2) is 24.5 Å². The van der Waals surface area contributed by atoms with Crippen LogP contribution in [0.1, 0.15) is 77.6 Å². The second kappa shape index (κ2) is 17.1. The first-order valence-corrected chi connectivity index (χ1v) is 9.44. The van der Waals surface area contributed by atoms with E-state index in [1.807, 2.05) is 0 Å². The van der Waals surface area contributed by atoms with Crippen molar-refractivity contribution >= 4 is 11.9 Å². The van der Waals surface area contributed by atoms with Crippen LogP contribution in [0.3, 0.4) is 0 Å². The number of carbonyl (C=O) groups excluding carboxylic acids is 2. The molecule has 0 aliphatic heterocycles. The number of ether oxygens (including phenoxy) is 2. The normalized spacial score (nSPS) is 10.8. The highest BCUT2D eigenvalue weighted by Crippen LogP contribution is 2.10. The topological polar surface area (TPSA) is 72.8 Å². The molecule has 0 amide bonds. The van der Waals surface area contributed by atoms with Crippen molar-refractivity contribution < 1.29 is 24.2 Å². The van der Waals surface area contributed by atoms with Gasteiger partial charge in [0.25, 0.3) is 0 Å². The van der Waals surface area contributed by atoms with Gasteiger partial charge in [0.05, 0.1) is 13.2 Å². The molecule has 0 spiro atoms. The van der Waals surface area contributed by atoms with E-state index < -0.39 is 5.97 Å². The van der Waals surface area contributed by atoms with Crippen molar-refractivity contribution in [2.75, 3.05) is 13.2 Å². The minimum atomic E-state index is -0.559. The van der Waals surface area contributed by atoms with Gasteiger partial charge >= 0.3 is 11.9 Å². The number of rotatable bonds is 16. The van der Waals surface area contributed by atoms with E-state index in [0.29, 0.717) is 12.8 Å². The highest BCUT2D eigenvalue weighted by atomic mass is 16.5. The summed E-state index contributed by atoms with van der Waals surface area (Å²) in [6.07, 6.45) is 14.1. The lowest BCUT2D eigenvalue weighted by Gasteiger charge is -2.05. The molecule has 144 valence electrons. The Morgan fingerprint density at radius 3 is 2.00 bits per heavy atom. The lowest BCUT2D eigenvalue weighted by molar-refractivity contribution is -0.144. The summed E-state index contributed by atoms with van der Waals surface area (Å²) in [6, 6.07) is 0. The predicted molar refractivity (Wildman–Crippen MR) is 99.3 cm³/mol. The first-order chi connectivity index (χ1) is 12.1. The molecule has 0 aromatic rings. The van der Waals surface area contributed by atoms with E-state index in [2.05, 4.69) is 13.5 Å². The first-order valence-electron chi connectivity index (χ1n) is 9.44. The number of allylic oxidation sites excluding steroid dienone is 1. The van der Waals surface area contributed by atoms with Crippen LogP contribution in [0.25, 0.3) is 0 Å². The fourth-order valence-electron chi connectivity index (χ4n) is 2.28. The molecular weight excluding hydrogens is 320 g/mol. The number of aliphatic hydroxyl groups is 1. The molecule has 0 bridgehead atoms. The molecule has 0 saturated heterocycles. The predicted octanol–water partition coefficient (Wildman–Crippen LogP) is 5.01. The molecule has 0 aromatic carbocycles. The molecular formula is C20H34O5. The summed E-state index contributed by atoms with van der Waals surface area (Å²) >= 11 is 0. The Labute approximate surface area is 152 Å². The van der Waals surface area contributed by atoms with E-state index in [0.717, 1.165) is 25.0 Å². The number of hydrogen-bond acceptors (Lipinski definition) is 5. The van der Waals surface area contributed by atoms with E-state index in [1.54, 1.807) is 0 Å². The Morgan fingerprint density at radius 1 is 0.840 bits per heavy atom. The zero-order valence-corrected chi connectivity index (χ0v) is 15.6. The Balaban J connectivity index is 3.36. The Hall–Kier alpha value is -1.78. The zero-order valence-electron chi connectivity index (χ0n) is 15.6. The molecule has 0 aliphatic rings. The number of hydrogen-bond donors (Lipinski definition) is 1. The smallest absolute Gasteiger partial charge is 0.330 e. The van der Waals surface area contributed by atoms with Crippen molar-refractivity contribution in [1.82, 2.24) is 0 Å². The fraction of sp³-hybridized carbons (Fsp3) is 0.700. The van der Waals surface area contributed by atoms with Gasteiger partial charge in [0.15, 0.2) is 0 Å². The van der Waals surface area contributed by atoms with Gasteiger partial charge in [-0.15, -0.1) is 0 Å². The van der Waals surface area contributed by atoms with Gasteiger partial charge in [-0.25, -0.2) is 4.79 Å². The van der Waals surface area contributed by atoms with Crippen molar-refractivity contribution in [1.29, 1.82) is 0 Å². The molecule has 1 N–H and O–H groups in total. The lowest BCUT2D eigenvalue weighted by atomic mass is 10.1. The Kier molecular flexibility index (Phi) is 15.8. The van der Waals surface area contributed by atoms with Gasteiger partial charge in [-0.2, -0.15) is 0 Å². The highest BCUT2D eigenvalue weighted by molar-refractivity contribution is 5.82. The third-order valence-corrected chi connectivity index (χ3v) is 3.69. The maximum Gasteiger partial charge on any atom is 0.330 e. The Bertz CT molecular complexity index is 401. The van der Waals surface area contributed by atoms with Crippen molar-refractivity contribution in [2.45, 2.75) is 77.6 Å². The standard InChI is InChI=1S/C20H34O5/c1-3-4-5-6-7-8-9-10-11-13-19(22)24-16-12-17-25-20(23)15-14-18(2)21/h14-15,21H,2-13,16-17H2,1H3/b15-14+. The van der Waals surface area contributed by atoms with Gasteiger partial charge in [0.2, 0.25) is 0 Å². The number of unbranched alkanes of at least 4 members (excludes halogenated alkanes) is 8. The highest BCUT2D eigenvalue weighted by Gasteiger charge is 2.03. The van der Waals surface area contributed by atoms with Crippen LogP contribution in [0.5, 0.6) is 0 Å². The van der Waals surface area contributed by atoms with E-state index >= 15 is 0 Å². The molecule has 5 heteroatoms. The average molecular weight is 354 g/mol. The second-order valence-corrected chi connectivity index (χ2v) is 6.14. The molecule has 0 aliphatic carbocycles. The molecule has 5 nitrogen and oxygen atoms in total. The zero-order chi connectivity index (χ0) is 18.8. The number of aliphatic hydroxyl groups excluding tert-OH is 1. The van der Waals surface area contributed by atoms with Crippen molar-refractivity contribution in [2.24, 2.45) is 0 Å². The SMILES string of the molecule is C=C(O)/C=C/C(=O)OCCCOC(=O)CCCCCCCCCCC. The van der Waals surface area contributed by atoms with Crippen molar-refractivity contribution in [3.05, 3.63) is 24.5 Å². The van der Waals surface area contributed by atoms with Gasteiger partial charge in [-0.1, -0.05) is 64.9 Å². The molecule has 0 atom stereocenters. The molecule has 0 heterocycles. The summed E-state index contributed by atoms with van der Waals surface area (Å²) in [6.45, 7) is 5.86. The first kappa shape index (κ1) is 23.2. The molecule has 0 aromatic heterocycles. The van der Waals surface area contributed by atoms with E-state index in [-0.39, 0.29) is 24.9 Å². The quantitative estimate of drug-likeness (QED) is 0.139. The van der Waals surface area contributed by atoms with E-state index in [4.69, 9.17) is 14.6 Å². The van der Waals surface area contributed by atoms with Gasteiger partial charge in [0, 0.05) is 18.9 Å². The van der Waals surface area contributed by atoms with Gasteiger partial charge in [0.1, 0.15) is 5.76 Å². The summed E-state index contributed by atoms with van der Waals surface area (Å²) in [5.41, 5.74) is 0. The van der Waals surface area contributed by atoms with Crippen LogP contribution in [0.2, 0.25) is 0 Å². The average Bonchev–Trinajstić information content (AvgIpc) is 2.58. The van der Waals surface area contributed by atoms with Gasteiger partial charge in [-0.3, -0.25) is 4.79 Å². The molecule has 0 radical (unpaired) electrons. The summed E-state index contributed by atoms with van der Waals surface area (Å²) in [5.74, 6) is -0.954. The van der Waals surface area contributed by atoms with Crippen molar-refractivity contribution in [3.63, 3.8) is 0 Å². The maximum atomic E-state index is 11.5.